The highest BCUT2D eigenvalue weighted by atomic mass is 19.2. The molecule has 0 spiro atoms. The van der Waals surface area contributed by atoms with Crippen molar-refractivity contribution in [2.75, 3.05) is 12.3 Å². The van der Waals surface area contributed by atoms with E-state index in [9.17, 15) is 13.6 Å². The molecule has 190 valence electrons. The first kappa shape index (κ1) is 23.7. The van der Waals surface area contributed by atoms with Gasteiger partial charge in [-0.1, -0.05) is 18.2 Å². The van der Waals surface area contributed by atoms with E-state index in [4.69, 9.17) is 14.9 Å². The number of aryl methyl sites for hydroxylation is 1. The van der Waals surface area contributed by atoms with Gasteiger partial charge in [-0.25, -0.2) is 13.8 Å². The maximum absolute atomic E-state index is 14.4. The van der Waals surface area contributed by atoms with Gasteiger partial charge in [-0.05, 0) is 55.8 Å². The van der Waals surface area contributed by atoms with Crippen LogP contribution in [0, 0.1) is 18.6 Å². The quantitative estimate of drug-likeness (QED) is 0.242. The number of nitrogens with one attached hydrogen (secondary N) is 1. The molecule has 0 aliphatic rings. The Labute approximate surface area is 216 Å². The number of rotatable bonds is 6. The molecule has 0 radical (unpaired) electrons. The number of carbonyl (C=O) groups excluding carboxylic acids is 1. The zero-order valence-corrected chi connectivity index (χ0v) is 20.7. The van der Waals surface area contributed by atoms with Crippen LogP contribution in [0.4, 0.5) is 14.6 Å². The Hall–Kier alpha value is -4.72. The topological polar surface area (TPSA) is 90.4 Å². The number of ether oxygens (including phenoxy) is 1. The lowest BCUT2D eigenvalue weighted by Crippen LogP contribution is -2.24. The lowest BCUT2D eigenvalue weighted by atomic mass is 9.97. The largest absolute Gasteiger partial charge is 0.493 e. The molecule has 6 nitrogen and oxygen atoms in total. The number of hydrogen-bond acceptors (Lipinski definition) is 5. The summed E-state index contributed by atoms with van der Waals surface area (Å²) >= 11 is 0. The molecule has 0 unspecified atom stereocenters. The van der Waals surface area contributed by atoms with Gasteiger partial charge in [-0.3, -0.25) is 4.79 Å². The molecule has 0 aliphatic heterocycles. The number of aromatic nitrogens is 1. The highest BCUT2D eigenvalue weighted by molar-refractivity contribution is 6.26. The van der Waals surface area contributed by atoms with E-state index in [0.29, 0.717) is 46.2 Å². The van der Waals surface area contributed by atoms with E-state index in [2.05, 4.69) is 10.3 Å². The molecule has 3 aromatic carbocycles. The van der Waals surface area contributed by atoms with E-state index in [0.717, 1.165) is 33.2 Å². The van der Waals surface area contributed by atoms with Crippen molar-refractivity contribution in [3.63, 3.8) is 0 Å². The van der Waals surface area contributed by atoms with Crippen molar-refractivity contribution in [3.8, 4) is 16.9 Å². The van der Waals surface area contributed by atoms with Crippen molar-refractivity contribution in [2.24, 2.45) is 0 Å². The average molecular weight is 512 g/mol. The molecule has 0 saturated heterocycles. The summed E-state index contributed by atoms with van der Waals surface area (Å²) in [7, 11) is 0. The molecule has 0 atom stereocenters. The fourth-order valence-electron chi connectivity index (χ4n) is 4.97. The Balaban J connectivity index is 1.34. The van der Waals surface area contributed by atoms with Crippen LogP contribution in [0.1, 0.15) is 28.5 Å². The van der Waals surface area contributed by atoms with Gasteiger partial charge in [-0.2, -0.15) is 0 Å². The number of hydrogen-bond donors (Lipinski definition) is 2. The lowest BCUT2D eigenvalue weighted by Gasteiger charge is -2.14. The van der Waals surface area contributed by atoms with Crippen LogP contribution < -0.4 is 15.8 Å². The summed E-state index contributed by atoms with van der Waals surface area (Å²) in [6, 6.07) is 16.5. The third-order valence-electron chi connectivity index (χ3n) is 6.78. The van der Waals surface area contributed by atoms with E-state index in [1.807, 2.05) is 26.0 Å². The van der Waals surface area contributed by atoms with Crippen LogP contribution in [0.3, 0.4) is 0 Å². The number of nitrogen functional groups attached to an aromatic ring is 1. The van der Waals surface area contributed by atoms with E-state index in [1.54, 1.807) is 30.3 Å². The Kier molecular flexibility index (Phi) is 5.60. The molecule has 0 saturated carbocycles. The standard InChI is InChI=1S/C30H23F2N3O3/c1-3-37-25-13-26(33)35-15(2)23(25)14-34-30(36)17-8-10-20-22(12-17)29-21-11-16(7-9-19(21)28(20)38-29)18-5-4-6-24(31)27(18)32/h4-13H,3,14H2,1-2H3,(H2,33,35)(H,34,36). The fraction of sp³-hybridized carbons (Fsp3) is 0.133. The van der Waals surface area contributed by atoms with Crippen LogP contribution in [-0.4, -0.2) is 17.5 Å². The van der Waals surface area contributed by atoms with Crippen LogP contribution in [0.2, 0.25) is 0 Å². The van der Waals surface area contributed by atoms with Crippen LogP contribution in [0.5, 0.6) is 5.75 Å². The minimum absolute atomic E-state index is 0.174. The molecule has 1 amide bonds. The molecule has 8 heteroatoms. The van der Waals surface area contributed by atoms with Gasteiger partial charge < -0.3 is 20.2 Å². The Bertz CT molecular complexity index is 1860. The smallest absolute Gasteiger partial charge is 0.251 e. The monoisotopic (exact) mass is 511 g/mol. The number of nitrogens with zero attached hydrogens (tertiary/aromatic N) is 1. The maximum atomic E-state index is 14.4. The summed E-state index contributed by atoms with van der Waals surface area (Å²) in [4.78, 5) is 17.4. The Morgan fingerprint density at radius 3 is 2.53 bits per heavy atom. The van der Waals surface area contributed by atoms with Crippen LogP contribution in [0.25, 0.3) is 43.8 Å². The molecule has 3 heterocycles. The second kappa shape index (κ2) is 8.99. The summed E-state index contributed by atoms with van der Waals surface area (Å²) in [5.74, 6) is -1.12. The first-order chi connectivity index (χ1) is 18.4. The summed E-state index contributed by atoms with van der Waals surface area (Å²) < 4.78 is 40.0. The van der Waals surface area contributed by atoms with E-state index < -0.39 is 11.6 Å². The zero-order valence-electron chi connectivity index (χ0n) is 20.7. The third-order valence-corrected chi connectivity index (χ3v) is 6.78. The number of anilines is 1. The molecular formula is C30H23F2N3O3. The van der Waals surface area contributed by atoms with E-state index >= 15 is 0 Å². The molecule has 3 aromatic heterocycles. The number of fused-ring (bicyclic) bond motifs is 8. The number of pyridine rings is 1. The average Bonchev–Trinajstić information content (AvgIpc) is 3.46. The predicted molar refractivity (Wildman–Crippen MR) is 143 cm³/mol. The van der Waals surface area contributed by atoms with Crippen LogP contribution in [-0.2, 0) is 6.54 Å². The summed E-state index contributed by atoms with van der Waals surface area (Å²) in [5, 5.41) is 6.24. The first-order valence-corrected chi connectivity index (χ1v) is 12.2. The summed E-state index contributed by atoms with van der Waals surface area (Å²) in [6.45, 7) is 4.38. The minimum atomic E-state index is -0.901. The molecule has 2 bridgehead atoms. The maximum Gasteiger partial charge on any atom is 0.251 e. The number of amides is 1. The van der Waals surface area contributed by atoms with Gasteiger partial charge in [0.15, 0.2) is 11.6 Å². The number of furan rings is 2. The molecule has 6 rings (SSSR count). The number of nitrogens with two attached hydrogens (primary N) is 1. The third kappa shape index (κ3) is 3.76. The second-order valence-electron chi connectivity index (χ2n) is 9.11. The fourth-order valence-corrected chi connectivity index (χ4v) is 4.97. The molecular weight excluding hydrogens is 488 g/mol. The van der Waals surface area contributed by atoms with Gasteiger partial charge in [0, 0.05) is 56.5 Å². The highest BCUT2D eigenvalue weighted by Crippen LogP contribution is 2.42. The van der Waals surface area contributed by atoms with Crippen molar-refractivity contribution >= 4 is 44.4 Å². The van der Waals surface area contributed by atoms with Gasteiger partial charge in [0.1, 0.15) is 22.7 Å². The van der Waals surface area contributed by atoms with E-state index in [-0.39, 0.29) is 18.0 Å². The predicted octanol–water partition coefficient (Wildman–Crippen LogP) is 6.74. The van der Waals surface area contributed by atoms with Gasteiger partial charge in [0.2, 0.25) is 0 Å². The van der Waals surface area contributed by atoms with Crippen LogP contribution >= 0.6 is 0 Å². The number of carbonyl (C=O) groups is 1. The molecule has 6 aromatic rings. The summed E-state index contributed by atoms with van der Waals surface area (Å²) in [6.07, 6.45) is 0. The Morgan fingerprint density at radius 2 is 1.74 bits per heavy atom. The van der Waals surface area contributed by atoms with Crippen molar-refractivity contribution in [1.29, 1.82) is 0 Å². The normalized spacial score (nSPS) is 11.6. The van der Waals surface area contributed by atoms with Crippen molar-refractivity contribution < 1.29 is 22.7 Å². The SMILES string of the molecule is CCOc1cc(N)nc(C)c1CNC(=O)c1ccc2c(c1)c1oc2c2ccc(-c3cccc(F)c3F)cc21. The van der Waals surface area contributed by atoms with Crippen molar-refractivity contribution in [3.05, 3.63) is 89.1 Å². The lowest BCUT2D eigenvalue weighted by molar-refractivity contribution is 0.0950. The second-order valence-corrected chi connectivity index (χ2v) is 9.11. The van der Waals surface area contributed by atoms with Gasteiger partial charge in [0.25, 0.3) is 5.91 Å². The van der Waals surface area contributed by atoms with Gasteiger partial charge >= 0.3 is 0 Å². The highest BCUT2D eigenvalue weighted by Gasteiger charge is 2.21. The number of benzene rings is 4. The summed E-state index contributed by atoms with van der Waals surface area (Å²) in [5.41, 5.74) is 9.74. The molecule has 0 fully saturated rings. The van der Waals surface area contributed by atoms with Crippen molar-refractivity contribution in [2.45, 2.75) is 20.4 Å². The van der Waals surface area contributed by atoms with Crippen LogP contribution in [0.15, 0.2) is 65.1 Å². The van der Waals surface area contributed by atoms with Gasteiger partial charge in [0.05, 0.1) is 6.61 Å². The van der Waals surface area contributed by atoms with E-state index in [1.165, 1.54) is 12.1 Å². The Morgan fingerprint density at radius 1 is 1.00 bits per heavy atom. The first-order valence-electron chi connectivity index (χ1n) is 12.2. The molecule has 3 N–H and O–H groups in total. The zero-order chi connectivity index (χ0) is 26.6. The molecule has 0 aliphatic carbocycles. The molecule has 38 heavy (non-hydrogen) atoms. The van der Waals surface area contributed by atoms with Gasteiger partial charge in [-0.15, -0.1) is 0 Å². The number of halogens is 2. The van der Waals surface area contributed by atoms with Crippen molar-refractivity contribution in [1.82, 2.24) is 10.3 Å². The minimum Gasteiger partial charge on any atom is -0.493 e.